The van der Waals surface area contributed by atoms with Crippen LogP contribution in [0.5, 0.6) is 17.2 Å². The molecule has 0 unspecified atom stereocenters. The third kappa shape index (κ3) is 3.80. The second-order valence-corrected chi connectivity index (χ2v) is 5.95. The number of hydrogen-bond acceptors (Lipinski definition) is 4. The summed E-state index contributed by atoms with van der Waals surface area (Å²) in [6.45, 7) is 0. The molecule has 0 heterocycles. The van der Waals surface area contributed by atoms with Gasteiger partial charge in [0.25, 0.3) is 0 Å². The van der Waals surface area contributed by atoms with E-state index in [0.717, 1.165) is 28.0 Å². The Morgan fingerprint density at radius 2 is 1.37 bits per heavy atom. The van der Waals surface area contributed by atoms with Crippen LogP contribution < -0.4 is 9.47 Å². The monoisotopic (exact) mass is 354 g/mol. The summed E-state index contributed by atoms with van der Waals surface area (Å²) < 4.78 is 11.3. The molecule has 0 aromatic heterocycles. The van der Waals surface area contributed by atoms with E-state index in [1.807, 2.05) is 84.9 Å². The van der Waals surface area contributed by atoms with Crippen molar-refractivity contribution in [2.45, 2.75) is 0 Å². The smallest absolute Gasteiger partial charge is 0.162 e. The van der Waals surface area contributed by atoms with E-state index in [1.165, 1.54) is 0 Å². The van der Waals surface area contributed by atoms with Crippen LogP contribution in [-0.2, 0) is 0 Å². The first-order chi connectivity index (χ1) is 13.3. The highest BCUT2D eigenvalue weighted by molar-refractivity contribution is 5.93. The number of benzene rings is 4. The number of nitrogens with zero attached hydrogens (tertiary/aromatic N) is 2. The molecule has 4 heteroatoms. The largest absolute Gasteiger partial charge is 0.497 e. The van der Waals surface area contributed by atoms with Crippen molar-refractivity contribution in [3.8, 4) is 17.2 Å². The topological polar surface area (TPSA) is 43.2 Å². The second-order valence-electron chi connectivity index (χ2n) is 5.95. The minimum Gasteiger partial charge on any atom is -0.497 e. The van der Waals surface area contributed by atoms with Crippen molar-refractivity contribution >= 4 is 22.1 Å². The maximum atomic E-state index is 6.17. The highest BCUT2D eigenvalue weighted by Gasteiger charge is 2.10. The van der Waals surface area contributed by atoms with E-state index < -0.39 is 0 Å². The number of fused-ring (bicyclic) bond motifs is 1. The van der Waals surface area contributed by atoms with Crippen LogP contribution in [0.1, 0.15) is 0 Å². The van der Waals surface area contributed by atoms with Crippen molar-refractivity contribution in [2.24, 2.45) is 10.2 Å². The van der Waals surface area contributed by atoms with E-state index in [4.69, 9.17) is 9.47 Å². The summed E-state index contributed by atoms with van der Waals surface area (Å²) in [5.41, 5.74) is 1.42. The van der Waals surface area contributed by atoms with Crippen molar-refractivity contribution in [2.75, 3.05) is 7.11 Å². The zero-order valence-corrected chi connectivity index (χ0v) is 14.9. The molecule has 0 atom stereocenters. The molecule has 4 rings (SSSR count). The van der Waals surface area contributed by atoms with Gasteiger partial charge in [0.1, 0.15) is 17.2 Å². The fourth-order valence-electron chi connectivity index (χ4n) is 2.78. The van der Waals surface area contributed by atoms with Crippen molar-refractivity contribution in [3.05, 3.63) is 91.0 Å². The van der Waals surface area contributed by atoms with E-state index in [1.54, 1.807) is 7.11 Å². The molecule has 0 N–H and O–H groups in total. The first kappa shape index (κ1) is 16.8. The number of ether oxygens (including phenoxy) is 2. The fourth-order valence-corrected chi connectivity index (χ4v) is 2.78. The molecule has 0 aliphatic carbocycles. The van der Waals surface area contributed by atoms with Gasteiger partial charge in [0, 0.05) is 5.39 Å². The molecular weight excluding hydrogens is 336 g/mol. The minimum atomic E-state index is 0.674. The average molecular weight is 354 g/mol. The van der Waals surface area contributed by atoms with E-state index in [-0.39, 0.29) is 0 Å². The summed E-state index contributed by atoms with van der Waals surface area (Å²) in [6.07, 6.45) is 0. The Hall–Kier alpha value is -3.66. The highest BCUT2D eigenvalue weighted by Crippen LogP contribution is 2.39. The molecule has 4 nitrogen and oxygen atoms in total. The van der Waals surface area contributed by atoms with Crippen molar-refractivity contribution in [1.82, 2.24) is 0 Å². The normalized spacial score (nSPS) is 11.0. The summed E-state index contributed by atoms with van der Waals surface area (Å²) >= 11 is 0. The predicted molar refractivity (Wildman–Crippen MR) is 108 cm³/mol. The van der Waals surface area contributed by atoms with Gasteiger partial charge in [-0.2, -0.15) is 5.11 Å². The maximum Gasteiger partial charge on any atom is 0.162 e. The van der Waals surface area contributed by atoms with Crippen LogP contribution in [0.15, 0.2) is 101 Å². The number of para-hydroxylation sites is 1. The second kappa shape index (κ2) is 7.70. The van der Waals surface area contributed by atoms with E-state index in [9.17, 15) is 0 Å². The lowest BCUT2D eigenvalue weighted by atomic mass is 10.1. The third-order valence-corrected chi connectivity index (χ3v) is 4.17. The van der Waals surface area contributed by atoms with Crippen LogP contribution in [-0.4, -0.2) is 7.11 Å². The maximum absolute atomic E-state index is 6.17. The Morgan fingerprint density at radius 1 is 0.630 bits per heavy atom. The lowest BCUT2D eigenvalue weighted by Gasteiger charge is -2.11. The molecule has 0 aliphatic heterocycles. The van der Waals surface area contributed by atoms with Crippen molar-refractivity contribution in [1.29, 1.82) is 0 Å². The molecule has 4 aromatic carbocycles. The fraction of sp³-hybridized carbons (Fsp3) is 0.0435. The van der Waals surface area contributed by atoms with Gasteiger partial charge in [0.2, 0.25) is 0 Å². The molecule has 132 valence electrons. The number of rotatable bonds is 5. The zero-order valence-electron chi connectivity index (χ0n) is 14.9. The first-order valence-corrected chi connectivity index (χ1v) is 8.64. The van der Waals surface area contributed by atoms with Gasteiger partial charge in [0.15, 0.2) is 5.75 Å². The Bertz CT molecular complexity index is 1070. The minimum absolute atomic E-state index is 0.674. The third-order valence-electron chi connectivity index (χ3n) is 4.17. The average Bonchev–Trinajstić information content (AvgIpc) is 2.74. The highest BCUT2D eigenvalue weighted by atomic mass is 16.5. The molecule has 4 aromatic rings. The van der Waals surface area contributed by atoms with Crippen molar-refractivity contribution in [3.63, 3.8) is 0 Å². The summed E-state index contributed by atoms with van der Waals surface area (Å²) in [5.74, 6) is 2.24. The molecule has 0 bridgehead atoms. The summed E-state index contributed by atoms with van der Waals surface area (Å²) in [4.78, 5) is 0. The number of hydrogen-bond donors (Lipinski definition) is 0. The molecule has 0 spiro atoms. The van der Waals surface area contributed by atoms with Crippen molar-refractivity contribution < 1.29 is 9.47 Å². The standard InChI is InChI=1S/C23H18N2O2/c1-26-19-14-12-18(13-15-19)24-25-22-16-11-17-7-5-6-10-21(17)23(22)27-20-8-3-2-4-9-20/h2-16H,1H3. The van der Waals surface area contributed by atoms with Crippen LogP contribution in [0.25, 0.3) is 10.8 Å². The van der Waals surface area contributed by atoms with Crippen LogP contribution in [0, 0.1) is 0 Å². The van der Waals surface area contributed by atoms with Gasteiger partial charge in [-0.05, 0) is 47.9 Å². The van der Waals surface area contributed by atoms with Crippen LogP contribution in [0.2, 0.25) is 0 Å². The lowest BCUT2D eigenvalue weighted by molar-refractivity contribution is 0.415. The molecule has 0 saturated carbocycles. The van der Waals surface area contributed by atoms with Crippen LogP contribution >= 0.6 is 0 Å². The van der Waals surface area contributed by atoms with Gasteiger partial charge >= 0.3 is 0 Å². The Kier molecular flexibility index (Phi) is 4.79. The molecule has 0 amide bonds. The summed E-state index contributed by atoms with van der Waals surface area (Å²) in [7, 11) is 1.64. The number of azo groups is 1. The van der Waals surface area contributed by atoms with Gasteiger partial charge < -0.3 is 9.47 Å². The van der Waals surface area contributed by atoms with Gasteiger partial charge in [-0.1, -0.05) is 48.5 Å². The quantitative estimate of drug-likeness (QED) is 0.360. The first-order valence-electron chi connectivity index (χ1n) is 8.64. The van der Waals surface area contributed by atoms with E-state index in [0.29, 0.717) is 11.4 Å². The Balaban J connectivity index is 1.74. The summed E-state index contributed by atoms with van der Waals surface area (Å²) in [6, 6.07) is 29.2. The van der Waals surface area contributed by atoms with Crippen LogP contribution in [0.4, 0.5) is 11.4 Å². The molecule has 0 aliphatic rings. The molecule has 27 heavy (non-hydrogen) atoms. The predicted octanol–water partition coefficient (Wildman–Crippen LogP) is 7.06. The lowest BCUT2D eigenvalue weighted by Crippen LogP contribution is -1.86. The molecule has 0 fully saturated rings. The van der Waals surface area contributed by atoms with Gasteiger partial charge in [-0.3, -0.25) is 0 Å². The van der Waals surface area contributed by atoms with E-state index in [2.05, 4.69) is 16.3 Å². The molecular formula is C23H18N2O2. The van der Waals surface area contributed by atoms with Gasteiger partial charge in [-0.25, -0.2) is 0 Å². The number of methoxy groups -OCH3 is 1. The molecule has 0 saturated heterocycles. The van der Waals surface area contributed by atoms with Crippen LogP contribution in [0.3, 0.4) is 0 Å². The van der Waals surface area contributed by atoms with Gasteiger partial charge in [-0.15, -0.1) is 5.11 Å². The van der Waals surface area contributed by atoms with E-state index >= 15 is 0 Å². The SMILES string of the molecule is COc1ccc(N=Nc2ccc3ccccc3c2Oc2ccccc2)cc1. The zero-order chi connectivity index (χ0) is 18.5. The Labute approximate surface area is 157 Å². The summed E-state index contributed by atoms with van der Waals surface area (Å²) in [5, 5.41) is 10.9. The van der Waals surface area contributed by atoms with Gasteiger partial charge in [0.05, 0.1) is 12.8 Å². The molecule has 0 radical (unpaired) electrons. The Morgan fingerprint density at radius 3 is 2.15 bits per heavy atom.